The molecular weight excluding hydrogens is 174 g/mol. The van der Waals surface area contributed by atoms with Crippen molar-refractivity contribution in [1.82, 2.24) is 0 Å². The maximum absolute atomic E-state index is 11.2. The highest BCUT2D eigenvalue weighted by Gasteiger charge is 2.30. The molecule has 0 saturated carbocycles. The fourth-order valence-corrected chi connectivity index (χ4v) is 2.21. The molecule has 0 radical (unpaired) electrons. The monoisotopic (exact) mass is 181 g/mol. The molecule has 62 valence electrons. The van der Waals surface area contributed by atoms with Crippen LogP contribution >= 0.6 is 11.3 Å². The average Bonchev–Trinajstić information content (AvgIpc) is 2.44. The Morgan fingerprint density at radius 2 is 2.42 bits per heavy atom. The maximum Gasteiger partial charge on any atom is 0.239 e. The highest BCUT2D eigenvalue weighted by atomic mass is 32.1. The lowest BCUT2D eigenvalue weighted by Crippen LogP contribution is -2.31. The summed E-state index contributed by atoms with van der Waals surface area (Å²) in [5, 5.41) is 1.90. The van der Waals surface area contributed by atoms with Crippen LogP contribution in [0.2, 0.25) is 0 Å². The third kappa shape index (κ3) is 0.881. The number of anilines is 1. The van der Waals surface area contributed by atoms with E-state index >= 15 is 0 Å². The number of amides is 2. The van der Waals surface area contributed by atoms with Crippen LogP contribution in [0.4, 0.5) is 5.69 Å². The van der Waals surface area contributed by atoms with Crippen molar-refractivity contribution in [3.63, 3.8) is 0 Å². The lowest BCUT2D eigenvalue weighted by Gasteiger charge is -2.09. The molecule has 12 heavy (non-hydrogen) atoms. The minimum atomic E-state index is -0.197. The summed E-state index contributed by atoms with van der Waals surface area (Å²) >= 11 is 1.52. The molecule has 0 atom stereocenters. The number of hydrogen-bond donors (Lipinski definition) is 0. The van der Waals surface area contributed by atoms with Crippen molar-refractivity contribution < 1.29 is 9.59 Å². The molecule has 0 aliphatic carbocycles. The largest absolute Gasteiger partial charge is 0.274 e. The summed E-state index contributed by atoms with van der Waals surface area (Å²) in [5.41, 5.74) is 0.775. The van der Waals surface area contributed by atoms with Crippen molar-refractivity contribution >= 4 is 28.8 Å². The molecule has 2 rings (SSSR count). The van der Waals surface area contributed by atoms with Crippen molar-refractivity contribution in [2.75, 3.05) is 4.90 Å². The summed E-state index contributed by atoms with van der Waals surface area (Å²) in [7, 11) is 0. The molecule has 4 heteroatoms. The second-order valence-electron chi connectivity index (χ2n) is 2.65. The Morgan fingerprint density at radius 3 is 3.08 bits per heavy atom. The first-order chi connectivity index (χ1) is 5.70. The number of rotatable bonds is 0. The maximum atomic E-state index is 11.2. The molecule has 0 N–H and O–H groups in total. The number of carbonyl (C=O) groups excluding carboxylic acids is 2. The fourth-order valence-electron chi connectivity index (χ4n) is 1.36. The van der Waals surface area contributed by atoms with Gasteiger partial charge in [0.25, 0.3) is 0 Å². The predicted molar refractivity (Wildman–Crippen MR) is 46.2 cm³/mol. The molecule has 1 aromatic heterocycles. The Balaban J connectivity index is 2.48. The molecular formula is C8H7NO2S. The van der Waals surface area contributed by atoms with Crippen LogP contribution in [0.5, 0.6) is 0 Å². The van der Waals surface area contributed by atoms with Gasteiger partial charge < -0.3 is 0 Å². The van der Waals surface area contributed by atoms with Gasteiger partial charge in [0.2, 0.25) is 11.8 Å². The summed E-state index contributed by atoms with van der Waals surface area (Å²) in [6, 6.07) is 1.81. The topological polar surface area (TPSA) is 37.4 Å². The molecule has 2 heterocycles. The van der Waals surface area contributed by atoms with E-state index in [9.17, 15) is 9.59 Å². The Kier molecular flexibility index (Phi) is 1.51. The number of imide groups is 1. The van der Waals surface area contributed by atoms with E-state index in [1.165, 1.54) is 23.2 Å². The first-order valence-corrected chi connectivity index (χ1v) is 4.48. The van der Waals surface area contributed by atoms with Crippen molar-refractivity contribution in [3.05, 3.63) is 16.3 Å². The van der Waals surface area contributed by atoms with E-state index in [2.05, 4.69) is 0 Å². The summed E-state index contributed by atoms with van der Waals surface area (Å²) in [6.45, 7) is 1.41. The quantitative estimate of drug-likeness (QED) is 0.602. The summed E-state index contributed by atoms with van der Waals surface area (Å²) < 4.78 is 0. The van der Waals surface area contributed by atoms with Gasteiger partial charge in [-0.3, -0.25) is 9.59 Å². The number of fused-ring (bicyclic) bond motifs is 1. The van der Waals surface area contributed by atoms with Gasteiger partial charge in [-0.25, -0.2) is 4.90 Å². The second-order valence-corrected chi connectivity index (χ2v) is 3.65. The first kappa shape index (κ1) is 7.49. The minimum Gasteiger partial charge on any atom is -0.274 e. The van der Waals surface area contributed by atoms with Crippen LogP contribution in [0.1, 0.15) is 11.8 Å². The number of hydrogen-bond acceptors (Lipinski definition) is 3. The molecule has 2 amide bonds. The van der Waals surface area contributed by atoms with Gasteiger partial charge in [0.15, 0.2) is 0 Å². The molecule has 0 fully saturated rings. The van der Waals surface area contributed by atoms with Gasteiger partial charge in [-0.15, -0.1) is 11.3 Å². The van der Waals surface area contributed by atoms with Gasteiger partial charge in [-0.1, -0.05) is 0 Å². The summed E-state index contributed by atoms with van der Waals surface area (Å²) in [4.78, 5) is 24.5. The van der Waals surface area contributed by atoms with Crippen LogP contribution in [0, 0.1) is 0 Å². The molecule has 0 saturated heterocycles. The molecule has 1 aromatic rings. The van der Waals surface area contributed by atoms with Crippen LogP contribution in [-0.4, -0.2) is 11.8 Å². The van der Waals surface area contributed by atoms with Crippen molar-refractivity contribution in [2.24, 2.45) is 0 Å². The van der Waals surface area contributed by atoms with Crippen LogP contribution < -0.4 is 4.90 Å². The van der Waals surface area contributed by atoms with Gasteiger partial charge in [0.05, 0.1) is 12.1 Å². The zero-order chi connectivity index (χ0) is 8.72. The summed E-state index contributed by atoms with van der Waals surface area (Å²) in [6.07, 6.45) is 0.382. The van der Waals surface area contributed by atoms with Crippen LogP contribution in [0.15, 0.2) is 11.4 Å². The zero-order valence-corrected chi connectivity index (χ0v) is 7.35. The molecule has 0 bridgehead atoms. The third-order valence-electron chi connectivity index (χ3n) is 1.84. The van der Waals surface area contributed by atoms with E-state index in [4.69, 9.17) is 0 Å². The second kappa shape index (κ2) is 2.42. The predicted octanol–water partition coefficient (Wildman–Crippen LogP) is 1.18. The lowest BCUT2D eigenvalue weighted by atomic mass is 10.4. The standard InChI is InChI=1S/C8H7NO2S/c1-5(10)9-6-2-3-12-7(6)4-8(9)11/h2-3H,4H2,1H3. The van der Waals surface area contributed by atoms with Crippen molar-refractivity contribution in [2.45, 2.75) is 13.3 Å². The minimum absolute atomic E-state index is 0.107. The summed E-state index contributed by atoms with van der Waals surface area (Å²) in [5.74, 6) is -0.304. The highest BCUT2D eigenvalue weighted by Crippen LogP contribution is 2.33. The molecule has 3 nitrogen and oxygen atoms in total. The van der Waals surface area contributed by atoms with Gasteiger partial charge in [0, 0.05) is 11.8 Å². The Bertz CT molecular complexity index is 356. The number of nitrogens with zero attached hydrogens (tertiary/aromatic N) is 1. The Hall–Kier alpha value is -1.16. The normalized spacial score (nSPS) is 15.1. The van der Waals surface area contributed by atoms with Crippen molar-refractivity contribution in [3.8, 4) is 0 Å². The smallest absolute Gasteiger partial charge is 0.239 e. The van der Waals surface area contributed by atoms with E-state index in [0.717, 1.165) is 10.6 Å². The van der Waals surface area contributed by atoms with E-state index in [-0.39, 0.29) is 11.8 Å². The Morgan fingerprint density at radius 1 is 1.67 bits per heavy atom. The number of carbonyl (C=O) groups is 2. The molecule has 0 aromatic carbocycles. The van der Waals surface area contributed by atoms with Crippen LogP contribution in [0.25, 0.3) is 0 Å². The average molecular weight is 181 g/mol. The van der Waals surface area contributed by atoms with Gasteiger partial charge >= 0.3 is 0 Å². The Labute approximate surface area is 73.6 Å². The number of thiophene rings is 1. The molecule has 0 unspecified atom stereocenters. The zero-order valence-electron chi connectivity index (χ0n) is 6.53. The SMILES string of the molecule is CC(=O)N1C(=O)Cc2sccc21. The third-order valence-corrected chi connectivity index (χ3v) is 2.75. The molecule has 1 aliphatic heterocycles. The fraction of sp³-hybridized carbons (Fsp3) is 0.250. The van der Waals surface area contributed by atoms with Crippen molar-refractivity contribution in [1.29, 1.82) is 0 Å². The van der Waals surface area contributed by atoms with E-state index in [0.29, 0.717) is 6.42 Å². The van der Waals surface area contributed by atoms with E-state index in [1.54, 1.807) is 0 Å². The lowest BCUT2D eigenvalue weighted by molar-refractivity contribution is -0.124. The van der Waals surface area contributed by atoms with Crippen LogP contribution in [0.3, 0.4) is 0 Å². The first-order valence-electron chi connectivity index (χ1n) is 3.60. The van der Waals surface area contributed by atoms with E-state index in [1.807, 2.05) is 11.4 Å². The van der Waals surface area contributed by atoms with Gasteiger partial charge in [0.1, 0.15) is 0 Å². The van der Waals surface area contributed by atoms with E-state index < -0.39 is 0 Å². The molecule has 0 spiro atoms. The highest BCUT2D eigenvalue weighted by molar-refractivity contribution is 7.10. The van der Waals surface area contributed by atoms with Gasteiger partial charge in [-0.2, -0.15) is 0 Å². The van der Waals surface area contributed by atoms with Crippen LogP contribution in [-0.2, 0) is 16.0 Å². The molecule has 1 aliphatic rings. The van der Waals surface area contributed by atoms with Gasteiger partial charge in [-0.05, 0) is 11.4 Å².